The second-order valence-corrected chi connectivity index (χ2v) is 6.71. The zero-order valence-corrected chi connectivity index (χ0v) is 12.9. The molecule has 6 heteroatoms. The molecule has 2 heterocycles. The average Bonchev–Trinajstić information content (AvgIpc) is 3.05. The van der Waals surface area contributed by atoms with Crippen LogP contribution in [0.25, 0.3) is 0 Å². The van der Waals surface area contributed by atoms with E-state index >= 15 is 0 Å². The number of nitrogens with zero attached hydrogens (tertiary/aromatic N) is 2. The van der Waals surface area contributed by atoms with Gasteiger partial charge in [-0.25, -0.2) is 4.79 Å². The van der Waals surface area contributed by atoms with Gasteiger partial charge in [-0.3, -0.25) is 4.79 Å². The molecule has 0 aromatic heterocycles. The van der Waals surface area contributed by atoms with Crippen molar-refractivity contribution in [1.29, 1.82) is 0 Å². The number of amides is 3. The number of likely N-dealkylation sites (tertiary alicyclic amines) is 1. The van der Waals surface area contributed by atoms with Gasteiger partial charge < -0.3 is 19.9 Å². The normalized spacial score (nSPS) is 32.3. The number of hydrogen-bond acceptors (Lipinski definition) is 3. The molecule has 118 valence electrons. The largest absolute Gasteiger partial charge is 0.370 e. The topological polar surface area (TPSA) is 61.9 Å². The number of urea groups is 1. The Bertz CT molecular complexity index is 420. The molecule has 2 saturated heterocycles. The Morgan fingerprint density at radius 2 is 1.90 bits per heavy atom. The summed E-state index contributed by atoms with van der Waals surface area (Å²) in [6, 6.07) is 0.343. The maximum Gasteiger partial charge on any atom is 0.317 e. The molecule has 0 aromatic rings. The van der Waals surface area contributed by atoms with Crippen LogP contribution in [0.1, 0.15) is 32.1 Å². The van der Waals surface area contributed by atoms with E-state index in [1.165, 1.54) is 12.8 Å². The summed E-state index contributed by atoms with van der Waals surface area (Å²) in [5.74, 6) is 0.00910. The van der Waals surface area contributed by atoms with E-state index in [9.17, 15) is 9.59 Å². The summed E-state index contributed by atoms with van der Waals surface area (Å²) in [6.45, 7) is 1.13. The summed E-state index contributed by atoms with van der Waals surface area (Å²) in [4.78, 5) is 28.0. The van der Waals surface area contributed by atoms with Crippen LogP contribution in [-0.2, 0) is 9.53 Å². The highest BCUT2D eigenvalue weighted by Crippen LogP contribution is 2.33. The monoisotopic (exact) mass is 295 g/mol. The van der Waals surface area contributed by atoms with Gasteiger partial charge in [-0.05, 0) is 19.3 Å². The summed E-state index contributed by atoms with van der Waals surface area (Å²) in [6.07, 6.45) is 5.18. The van der Waals surface area contributed by atoms with Crippen LogP contribution in [0.5, 0.6) is 0 Å². The Kier molecular flexibility index (Phi) is 4.06. The summed E-state index contributed by atoms with van der Waals surface area (Å²) in [7, 11) is 3.55. The van der Waals surface area contributed by atoms with E-state index in [-0.39, 0.29) is 30.1 Å². The number of carbonyl (C=O) groups excluding carboxylic acids is 2. The van der Waals surface area contributed by atoms with Crippen molar-refractivity contribution in [3.05, 3.63) is 0 Å². The van der Waals surface area contributed by atoms with E-state index in [1.54, 1.807) is 19.0 Å². The van der Waals surface area contributed by atoms with Crippen LogP contribution >= 0.6 is 0 Å². The highest BCUT2D eigenvalue weighted by atomic mass is 16.5. The second-order valence-electron chi connectivity index (χ2n) is 6.71. The molecule has 1 aliphatic carbocycles. The van der Waals surface area contributed by atoms with Crippen molar-refractivity contribution in [3.63, 3.8) is 0 Å². The first kappa shape index (κ1) is 14.6. The number of rotatable bonds is 2. The highest BCUT2D eigenvalue weighted by molar-refractivity contribution is 5.80. The molecule has 3 amide bonds. The summed E-state index contributed by atoms with van der Waals surface area (Å²) < 4.78 is 5.86. The molecule has 0 aromatic carbocycles. The van der Waals surface area contributed by atoms with E-state index < -0.39 is 0 Å². The van der Waals surface area contributed by atoms with Crippen molar-refractivity contribution in [3.8, 4) is 0 Å². The molecule has 0 spiro atoms. The van der Waals surface area contributed by atoms with Gasteiger partial charge in [0.2, 0.25) is 5.91 Å². The number of fused-ring (bicyclic) bond motifs is 2. The molecule has 1 saturated carbocycles. The molecule has 3 fully saturated rings. The van der Waals surface area contributed by atoms with Crippen molar-refractivity contribution in [2.45, 2.75) is 50.4 Å². The third-order valence-corrected chi connectivity index (χ3v) is 4.89. The Balaban J connectivity index is 1.58. The van der Waals surface area contributed by atoms with E-state index in [4.69, 9.17) is 4.74 Å². The lowest BCUT2D eigenvalue weighted by atomic mass is 9.99. The average molecular weight is 295 g/mol. The molecule has 2 aliphatic heterocycles. The lowest BCUT2D eigenvalue weighted by molar-refractivity contribution is -0.135. The lowest BCUT2D eigenvalue weighted by Crippen LogP contribution is -2.52. The van der Waals surface area contributed by atoms with Crippen molar-refractivity contribution in [1.82, 2.24) is 15.1 Å². The predicted octanol–water partition coefficient (Wildman–Crippen LogP) is 0.816. The predicted molar refractivity (Wildman–Crippen MR) is 77.8 cm³/mol. The Hall–Kier alpha value is -1.30. The zero-order valence-electron chi connectivity index (χ0n) is 12.9. The Morgan fingerprint density at radius 3 is 2.57 bits per heavy atom. The highest BCUT2D eigenvalue weighted by Gasteiger charge is 2.46. The maximum atomic E-state index is 12.3. The van der Waals surface area contributed by atoms with Crippen molar-refractivity contribution >= 4 is 11.9 Å². The Morgan fingerprint density at radius 1 is 1.19 bits per heavy atom. The molecule has 3 atom stereocenters. The first-order chi connectivity index (χ1) is 10.0. The fourth-order valence-electron chi connectivity index (χ4n) is 3.75. The van der Waals surface area contributed by atoms with Gasteiger partial charge in [0.05, 0.1) is 18.1 Å². The molecule has 2 bridgehead atoms. The maximum absolute atomic E-state index is 12.3. The van der Waals surface area contributed by atoms with Crippen LogP contribution in [0.15, 0.2) is 0 Å². The van der Waals surface area contributed by atoms with Crippen LogP contribution in [0.2, 0.25) is 0 Å². The van der Waals surface area contributed by atoms with Crippen LogP contribution in [0, 0.1) is 5.92 Å². The number of nitrogens with one attached hydrogen (secondary N) is 1. The van der Waals surface area contributed by atoms with Crippen molar-refractivity contribution < 1.29 is 14.3 Å². The fourth-order valence-corrected chi connectivity index (χ4v) is 3.75. The number of morpholine rings is 1. The molecule has 6 nitrogen and oxygen atoms in total. The molecule has 21 heavy (non-hydrogen) atoms. The minimum absolute atomic E-state index is 0.00646. The minimum atomic E-state index is -0.145. The van der Waals surface area contributed by atoms with Gasteiger partial charge in [0.25, 0.3) is 0 Å². The van der Waals surface area contributed by atoms with E-state index in [2.05, 4.69) is 5.32 Å². The molecular weight excluding hydrogens is 270 g/mol. The van der Waals surface area contributed by atoms with Gasteiger partial charge in [0.1, 0.15) is 0 Å². The smallest absolute Gasteiger partial charge is 0.317 e. The van der Waals surface area contributed by atoms with Crippen LogP contribution in [0.4, 0.5) is 4.79 Å². The van der Waals surface area contributed by atoms with Gasteiger partial charge in [-0.2, -0.15) is 0 Å². The van der Waals surface area contributed by atoms with Gasteiger partial charge in [-0.15, -0.1) is 0 Å². The fraction of sp³-hybridized carbons (Fsp3) is 0.867. The zero-order chi connectivity index (χ0) is 15.0. The van der Waals surface area contributed by atoms with Crippen LogP contribution < -0.4 is 5.32 Å². The van der Waals surface area contributed by atoms with Crippen molar-refractivity contribution in [2.24, 2.45) is 5.92 Å². The SMILES string of the molecule is CN(C)C(=O)C1CC2CN(C(=O)NC3CCCC3)CC1O2. The summed E-state index contributed by atoms with van der Waals surface area (Å²) >= 11 is 0. The van der Waals surface area contributed by atoms with Crippen LogP contribution in [-0.4, -0.2) is 67.2 Å². The molecule has 3 rings (SSSR count). The first-order valence-electron chi connectivity index (χ1n) is 7.96. The van der Waals surface area contributed by atoms with Crippen LogP contribution in [0.3, 0.4) is 0 Å². The third-order valence-electron chi connectivity index (χ3n) is 4.89. The standard InChI is InChI=1S/C15H25N3O3/c1-17(2)14(19)12-7-11-8-18(9-13(12)21-11)15(20)16-10-5-3-4-6-10/h10-13H,3-9H2,1-2H3,(H,16,20). The number of hydrogen-bond donors (Lipinski definition) is 1. The molecule has 3 aliphatic rings. The van der Waals surface area contributed by atoms with Gasteiger partial charge in [-0.1, -0.05) is 12.8 Å². The molecule has 1 N–H and O–H groups in total. The Labute approximate surface area is 125 Å². The van der Waals surface area contributed by atoms with Gasteiger partial charge in [0, 0.05) is 33.2 Å². The van der Waals surface area contributed by atoms with Gasteiger partial charge in [0.15, 0.2) is 0 Å². The minimum Gasteiger partial charge on any atom is -0.370 e. The summed E-state index contributed by atoms with van der Waals surface area (Å²) in [5.41, 5.74) is 0. The summed E-state index contributed by atoms with van der Waals surface area (Å²) in [5, 5.41) is 3.12. The second kappa shape index (κ2) is 5.83. The van der Waals surface area contributed by atoms with Crippen molar-refractivity contribution in [2.75, 3.05) is 27.2 Å². The van der Waals surface area contributed by atoms with E-state index in [1.807, 2.05) is 4.90 Å². The number of carbonyl (C=O) groups is 2. The molecular formula is C15H25N3O3. The van der Waals surface area contributed by atoms with E-state index in [0.29, 0.717) is 19.1 Å². The van der Waals surface area contributed by atoms with E-state index in [0.717, 1.165) is 19.3 Å². The van der Waals surface area contributed by atoms with Gasteiger partial charge >= 0.3 is 6.03 Å². The first-order valence-corrected chi connectivity index (χ1v) is 7.96. The molecule has 3 unspecified atom stereocenters. The molecule has 0 radical (unpaired) electrons. The third kappa shape index (κ3) is 3.00. The quantitative estimate of drug-likeness (QED) is 0.820. The number of ether oxygens (including phenoxy) is 1. The lowest BCUT2D eigenvalue weighted by Gasteiger charge is -2.33.